The highest BCUT2D eigenvalue weighted by molar-refractivity contribution is 5.34. The van der Waals surface area contributed by atoms with Gasteiger partial charge in [-0.1, -0.05) is 36.4 Å². The number of nitrogens with two attached hydrogens (primary N) is 1. The van der Waals surface area contributed by atoms with Crippen molar-refractivity contribution < 1.29 is 25.6 Å². The van der Waals surface area contributed by atoms with Crippen LogP contribution in [0.5, 0.6) is 11.5 Å². The fraction of sp³-hybridized carbons (Fsp3) is 0.235. The number of hydrogen-bond acceptors (Lipinski definition) is 5. The fourth-order valence-electron chi connectivity index (χ4n) is 1.72. The molecule has 7 N–H and O–H groups in total. The van der Waals surface area contributed by atoms with Crippen molar-refractivity contribution >= 4 is 6.79 Å². The average molecular weight is 340 g/mol. The Labute approximate surface area is 142 Å². The van der Waals surface area contributed by atoms with Gasteiger partial charge in [-0.25, -0.2) is 0 Å². The Morgan fingerprint density at radius 2 is 1.50 bits per heavy atom. The van der Waals surface area contributed by atoms with Crippen molar-refractivity contribution in [1.82, 2.24) is 4.90 Å². The third-order valence-electron chi connectivity index (χ3n) is 2.61. The van der Waals surface area contributed by atoms with Gasteiger partial charge in [0.2, 0.25) is 0 Å². The summed E-state index contributed by atoms with van der Waals surface area (Å²) in [5.41, 5.74) is 5.78. The van der Waals surface area contributed by atoms with Crippen molar-refractivity contribution in [2.45, 2.75) is 6.54 Å². The van der Waals surface area contributed by atoms with Gasteiger partial charge in [-0.15, -0.1) is 0 Å². The van der Waals surface area contributed by atoms with Crippen LogP contribution in [0.25, 0.3) is 0 Å². The van der Waals surface area contributed by atoms with E-state index >= 15 is 0 Å². The highest BCUT2D eigenvalue weighted by Gasteiger charge is 2.11. The van der Waals surface area contributed by atoms with Crippen LogP contribution in [0.4, 0.5) is 0 Å². The molecule has 1 aliphatic rings. The van der Waals surface area contributed by atoms with Crippen molar-refractivity contribution in [3.05, 3.63) is 60.2 Å². The quantitative estimate of drug-likeness (QED) is 0.723. The number of rotatable bonds is 0. The second-order valence-corrected chi connectivity index (χ2v) is 4.23. The summed E-state index contributed by atoms with van der Waals surface area (Å²) in [4.78, 5) is 10.1. The Bertz CT molecular complexity index is 511. The first-order valence-corrected chi connectivity index (χ1v) is 6.75. The number of hydrogen-bond donors (Lipinski definition) is 2. The van der Waals surface area contributed by atoms with E-state index in [1.54, 1.807) is 24.3 Å². The summed E-state index contributed by atoms with van der Waals surface area (Å²) >= 11 is 0. The van der Waals surface area contributed by atoms with Crippen LogP contribution in [0.3, 0.4) is 0 Å². The highest BCUT2D eigenvalue weighted by atomic mass is 16.5. The molecule has 0 fully saturated rings. The number of para-hydroxylation sites is 2. The van der Waals surface area contributed by atoms with Gasteiger partial charge in [0.05, 0.1) is 0 Å². The number of fused-ring (bicyclic) bond motifs is 1. The summed E-state index contributed by atoms with van der Waals surface area (Å²) in [5.74, 6) is 1.35. The topological polar surface area (TPSA) is 139 Å². The van der Waals surface area contributed by atoms with Crippen LogP contribution >= 0.6 is 0 Å². The molecule has 0 aliphatic carbocycles. The van der Waals surface area contributed by atoms with Crippen LogP contribution < -0.4 is 10.5 Å². The van der Waals surface area contributed by atoms with Gasteiger partial charge in [-0.2, -0.15) is 0 Å². The third-order valence-corrected chi connectivity index (χ3v) is 2.61. The van der Waals surface area contributed by atoms with E-state index in [2.05, 4.69) is 23.7 Å². The van der Waals surface area contributed by atoms with Gasteiger partial charge in [0.25, 0.3) is 0 Å². The van der Waals surface area contributed by atoms with Crippen molar-refractivity contribution in [3.8, 4) is 11.5 Å². The minimum absolute atomic E-state index is 0. The van der Waals surface area contributed by atoms with E-state index in [1.807, 2.05) is 31.1 Å². The molecule has 0 aromatic heterocycles. The molecule has 7 heteroatoms. The monoisotopic (exact) mass is 340 g/mol. The van der Waals surface area contributed by atoms with E-state index < -0.39 is 0 Å². The van der Waals surface area contributed by atoms with E-state index in [4.69, 9.17) is 14.6 Å². The number of phenols is 1. The maximum atomic E-state index is 8.63. The van der Waals surface area contributed by atoms with E-state index in [0.717, 1.165) is 12.3 Å². The molecule has 1 heterocycles. The number of nitrogens with zero attached hydrogens (tertiary/aromatic N) is 1. The molecule has 136 valence electrons. The lowest BCUT2D eigenvalue weighted by Crippen LogP contribution is -2.27. The number of aromatic hydroxyl groups is 1. The average Bonchev–Trinajstić information content (AvgIpc) is 2.60. The van der Waals surface area contributed by atoms with Crippen LogP contribution in [0, 0.1) is 0 Å². The van der Waals surface area contributed by atoms with Crippen molar-refractivity contribution in [2.75, 3.05) is 20.8 Å². The first kappa shape index (κ1) is 26.4. The van der Waals surface area contributed by atoms with Gasteiger partial charge in [-0.3, -0.25) is 4.90 Å². The molecule has 0 spiro atoms. The third kappa shape index (κ3) is 10.3. The van der Waals surface area contributed by atoms with E-state index in [9.17, 15) is 0 Å². The van der Waals surface area contributed by atoms with Gasteiger partial charge in [0.15, 0.2) is 0 Å². The normalized spacial score (nSPS) is 10.8. The van der Waals surface area contributed by atoms with Crippen molar-refractivity contribution in [2.24, 2.45) is 5.73 Å². The van der Waals surface area contributed by atoms with Gasteiger partial charge in [-0.05, 0) is 32.3 Å². The number of phenolic OH excluding ortho intramolecular Hbond substituents is 1. The van der Waals surface area contributed by atoms with E-state index in [1.165, 1.54) is 12.6 Å². The molecule has 0 atom stereocenters. The second kappa shape index (κ2) is 16.9. The minimum atomic E-state index is 0. The molecule has 0 unspecified atom stereocenters. The summed E-state index contributed by atoms with van der Waals surface area (Å²) in [6.45, 7) is 3.70. The summed E-state index contributed by atoms with van der Waals surface area (Å²) in [6.07, 6.45) is 0. The molecule has 0 radical (unpaired) electrons. The molecule has 0 bridgehead atoms. The van der Waals surface area contributed by atoms with Crippen LogP contribution in [0.15, 0.2) is 54.6 Å². The maximum Gasteiger partial charge on any atom is 0.142 e. The number of carbonyl (C=O) groups is 1. The summed E-state index contributed by atoms with van der Waals surface area (Å²) in [6, 6.07) is 16.9. The van der Waals surface area contributed by atoms with Crippen LogP contribution in [-0.2, 0) is 11.3 Å². The zero-order valence-corrected chi connectivity index (χ0v) is 14.1. The standard InChI is InChI=1S/C9H11NO.C6H6O.CH5N.CH2O.2H2O/c1-10-6-8-4-2-3-5-9(8)11-7-10;7-6-4-2-1-3-5-6;2*1-2;;/h2-5H,6-7H2,1H3;1-5,7H;2H2,1H3;1H2;2*1H2. The molecular weight excluding hydrogens is 312 g/mol. The molecule has 1 aliphatic heterocycles. The molecule has 2 aromatic rings. The molecule has 2 aromatic carbocycles. The number of carbonyl (C=O) groups excluding carboxylic acids is 1. The predicted octanol–water partition coefficient (Wildman–Crippen LogP) is 0.601. The Morgan fingerprint density at radius 3 is 2.00 bits per heavy atom. The smallest absolute Gasteiger partial charge is 0.142 e. The van der Waals surface area contributed by atoms with Crippen LogP contribution in [0.2, 0.25) is 0 Å². The molecule has 7 nitrogen and oxygen atoms in total. The van der Waals surface area contributed by atoms with E-state index in [0.29, 0.717) is 12.5 Å². The summed E-state index contributed by atoms with van der Waals surface area (Å²) in [5, 5.41) is 8.63. The first-order chi connectivity index (χ1) is 10.8. The lowest BCUT2D eigenvalue weighted by atomic mass is 10.2. The molecular formula is C17H28N2O5. The van der Waals surface area contributed by atoms with Crippen molar-refractivity contribution in [3.63, 3.8) is 0 Å². The van der Waals surface area contributed by atoms with Gasteiger partial charge in [0.1, 0.15) is 25.0 Å². The van der Waals surface area contributed by atoms with Crippen LogP contribution in [0.1, 0.15) is 5.56 Å². The predicted molar refractivity (Wildman–Crippen MR) is 96.0 cm³/mol. The van der Waals surface area contributed by atoms with Gasteiger partial charge < -0.3 is 31.3 Å². The molecule has 0 amide bonds. The van der Waals surface area contributed by atoms with Gasteiger partial charge >= 0.3 is 0 Å². The van der Waals surface area contributed by atoms with E-state index in [-0.39, 0.29) is 11.0 Å². The number of ether oxygens (including phenoxy) is 1. The summed E-state index contributed by atoms with van der Waals surface area (Å²) in [7, 11) is 3.55. The Kier molecular flexibility index (Phi) is 18.6. The lowest BCUT2D eigenvalue weighted by molar-refractivity contribution is -0.0979. The van der Waals surface area contributed by atoms with Crippen molar-refractivity contribution in [1.29, 1.82) is 0 Å². The molecule has 24 heavy (non-hydrogen) atoms. The molecule has 0 saturated heterocycles. The fourth-order valence-corrected chi connectivity index (χ4v) is 1.72. The van der Waals surface area contributed by atoms with Crippen LogP contribution in [-0.4, -0.2) is 48.6 Å². The largest absolute Gasteiger partial charge is 0.508 e. The second-order valence-electron chi connectivity index (χ2n) is 4.23. The zero-order chi connectivity index (χ0) is 16.8. The highest BCUT2D eigenvalue weighted by Crippen LogP contribution is 2.22. The van der Waals surface area contributed by atoms with Gasteiger partial charge in [0, 0.05) is 12.1 Å². The molecule has 3 rings (SSSR count). The lowest BCUT2D eigenvalue weighted by Gasteiger charge is -2.24. The Balaban J connectivity index is -0.000000299. The minimum Gasteiger partial charge on any atom is -0.508 e. The SMILES string of the molecule is C=O.CN.CN1COc2ccccc2C1.O.O.Oc1ccccc1. The first-order valence-electron chi connectivity index (χ1n) is 6.75. The molecule has 0 saturated carbocycles. The number of benzene rings is 2. The summed E-state index contributed by atoms with van der Waals surface area (Å²) < 4.78 is 5.46. The Hall–Kier alpha value is -2.45. The maximum absolute atomic E-state index is 8.63. The Morgan fingerprint density at radius 1 is 1.00 bits per heavy atom. The zero-order valence-electron chi connectivity index (χ0n) is 14.1.